The number of rotatable bonds is 0. The zero-order valence-corrected chi connectivity index (χ0v) is 14.5. The van der Waals surface area contributed by atoms with E-state index in [0.717, 1.165) is 0 Å². The summed E-state index contributed by atoms with van der Waals surface area (Å²) in [4.78, 5) is 0. The first-order valence-corrected chi connectivity index (χ1v) is 6.60. The number of hydrogen-bond acceptors (Lipinski definition) is 0. The van der Waals surface area contributed by atoms with Crippen LogP contribution in [0.2, 0.25) is 0 Å². The van der Waals surface area contributed by atoms with E-state index in [2.05, 4.69) is 48.6 Å². The molecule has 19 heavy (non-hydrogen) atoms. The topological polar surface area (TPSA) is 0 Å². The van der Waals surface area contributed by atoms with Crippen LogP contribution in [-0.4, -0.2) is 0 Å². The average Bonchev–Trinajstić information content (AvgIpc) is 2.15. The van der Waals surface area contributed by atoms with Crippen molar-refractivity contribution in [1.29, 1.82) is 0 Å². The van der Waals surface area contributed by atoms with Crippen LogP contribution in [0.4, 0.5) is 0 Å². The van der Waals surface area contributed by atoms with E-state index in [1.807, 2.05) is 0 Å². The summed E-state index contributed by atoms with van der Waals surface area (Å²) < 4.78 is 0. The number of halogens is 2. The zero-order chi connectivity index (χ0) is 11.3. The predicted molar refractivity (Wildman–Crippen MR) is 73.5 cm³/mol. The molecule has 2 rings (SSSR count). The van der Waals surface area contributed by atoms with E-state index in [-0.39, 0.29) is 44.3 Å². The van der Waals surface area contributed by atoms with E-state index in [4.69, 9.17) is 0 Å². The van der Waals surface area contributed by atoms with E-state index in [1.165, 1.54) is 51.4 Å². The molecule has 0 saturated heterocycles. The molecule has 2 aliphatic rings. The van der Waals surface area contributed by atoms with Crippen molar-refractivity contribution in [1.82, 2.24) is 0 Å². The molecule has 0 N–H and O–H groups in total. The Morgan fingerprint density at radius 2 is 0.421 bits per heavy atom. The second-order valence-electron chi connectivity index (χ2n) is 4.20. The molecule has 0 atom stereocenters. The second kappa shape index (κ2) is 20.5. The Balaban J connectivity index is -0.000000233. The van der Waals surface area contributed by atoms with Gasteiger partial charge in [-0.15, -0.1) is 0 Å². The first kappa shape index (κ1) is 24.2. The molecular weight excluding hydrogens is 366 g/mol. The smallest absolute Gasteiger partial charge is 1.00 e. The summed E-state index contributed by atoms with van der Waals surface area (Å²) in [6.45, 7) is 0. The molecule has 0 unspecified atom stereocenters. The summed E-state index contributed by atoms with van der Waals surface area (Å²) in [5, 5.41) is 0. The van der Waals surface area contributed by atoms with Gasteiger partial charge >= 0.3 is 19.5 Å². The van der Waals surface area contributed by atoms with E-state index in [1.54, 1.807) is 0 Å². The monoisotopic (exact) mass is 389 g/mol. The van der Waals surface area contributed by atoms with E-state index in [0.29, 0.717) is 0 Å². The number of allylic oxidation sites excluding steroid dienone is 8. The maximum Gasteiger partial charge on any atom is 2.00 e. The third-order valence-electron chi connectivity index (χ3n) is 2.67. The summed E-state index contributed by atoms with van der Waals surface area (Å²) in [6.07, 6.45) is 28.0. The molecule has 1 radical (unpaired) electrons. The van der Waals surface area contributed by atoms with Crippen LogP contribution in [-0.2, 0) is 19.5 Å². The molecule has 0 spiro atoms. The fourth-order valence-corrected chi connectivity index (χ4v) is 1.71. The molecule has 0 bridgehead atoms. The molecule has 111 valence electrons. The van der Waals surface area contributed by atoms with Crippen molar-refractivity contribution in [3.63, 3.8) is 0 Å². The molecule has 3 heteroatoms. The van der Waals surface area contributed by atoms with Crippen molar-refractivity contribution in [2.24, 2.45) is 0 Å². The fourth-order valence-electron chi connectivity index (χ4n) is 1.71. The van der Waals surface area contributed by atoms with Crippen molar-refractivity contribution in [3.05, 3.63) is 48.6 Å². The fraction of sp³-hybridized carbons (Fsp3) is 0.500. The Kier molecular flexibility index (Phi) is 26.1. The second-order valence-corrected chi connectivity index (χ2v) is 4.20. The minimum absolute atomic E-state index is 0. The Labute approximate surface area is 144 Å². The van der Waals surface area contributed by atoms with E-state index >= 15 is 0 Å². The minimum atomic E-state index is 0. The molecule has 0 heterocycles. The van der Waals surface area contributed by atoms with Crippen LogP contribution in [0.5, 0.6) is 0 Å². The molecule has 0 aromatic rings. The standard InChI is InChI=1S/2C8H12.2ClH.Rh/c2*1-2-4-6-8-7-5-3-1;;;/h2*1-2,7-8H,3-6H2;2*1H;/q;;;;+2/p-2/b2*2-1-,8-7-;;;. The van der Waals surface area contributed by atoms with Crippen molar-refractivity contribution in [2.75, 3.05) is 0 Å². The van der Waals surface area contributed by atoms with Crippen molar-refractivity contribution in [2.45, 2.75) is 51.4 Å². The van der Waals surface area contributed by atoms with Gasteiger partial charge < -0.3 is 24.8 Å². The summed E-state index contributed by atoms with van der Waals surface area (Å²) in [7, 11) is 0. The zero-order valence-electron chi connectivity index (χ0n) is 11.4. The van der Waals surface area contributed by atoms with Crippen molar-refractivity contribution >= 4 is 0 Å². The maximum absolute atomic E-state index is 2.27. The third-order valence-corrected chi connectivity index (χ3v) is 2.67. The Morgan fingerprint density at radius 1 is 0.316 bits per heavy atom. The van der Waals surface area contributed by atoms with Gasteiger partial charge in [-0.25, -0.2) is 0 Å². The van der Waals surface area contributed by atoms with Crippen LogP contribution in [0.3, 0.4) is 0 Å². The van der Waals surface area contributed by atoms with Gasteiger partial charge in [-0.05, 0) is 51.4 Å². The largest absolute Gasteiger partial charge is 2.00 e. The first-order valence-electron chi connectivity index (χ1n) is 6.60. The predicted octanol–water partition coefficient (Wildman–Crippen LogP) is -0.649. The minimum Gasteiger partial charge on any atom is -1.00 e. The van der Waals surface area contributed by atoms with Gasteiger partial charge in [0, 0.05) is 0 Å². The third kappa shape index (κ3) is 18.2. The van der Waals surface area contributed by atoms with Crippen molar-refractivity contribution < 1.29 is 44.3 Å². The van der Waals surface area contributed by atoms with Gasteiger partial charge in [-0.3, -0.25) is 0 Å². The van der Waals surface area contributed by atoms with Gasteiger partial charge in [0.2, 0.25) is 0 Å². The van der Waals surface area contributed by atoms with E-state index < -0.39 is 0 Å². The molecule has 0 aliphatic heterocycles. The Morgan fingerprint density at radius 3 is 0.526 bits per heavy atom. The van der Waals surface area contributed by atoms with E-state index in [9.17, 15) is 0 Å². The molecule has 0 saturated carbocycles. The molecular formula is C16H24Cl2Rh. The normalized spacial score (nSPS) is 23.6. The summed E-state index contributed by atoms with van der Waals surface area (Å²) in [6, 6.07) is 0. The van der Waals surface area contributed by atoms with Gasteiger partial charge in [0.15, 0.2) is 0 Å². The van der Waals surface area contributed by atoms with Crippen LogP contribution in [0, 0.1) is 0 Å². The average molecular weight is 390 g/mol. The molecule has 0 fully saturated rings. The number of hydrogen-bond donors (Lipinski definition) is 0. The molecule has 0 amide bonds. The van der Waals surface area contributed by atoms with Crippen molar-refractivity contribution in [3.8, 4) is 0 Å². The maximum atomic E-state index is 2.27. The van der Waals surface area contributed by atoms with Crippen LogP contribution in [0.15, 0.2) is 48.6 Å². The van der Waals surface area contributed by atoms with Crippen LogP contribution in [0.25, 0.3) is 0 Å². The van der Waals surface area contributed by atoms with Gasteiger partial charge in [0.1, 0.15) is 0 Å². The van der Waals surface area contributed by atoms with Gasteiger partial charge in [0.05, 0.1) is 0 Å². The van der Waals surface area contributed by atoms with Crippen LogP contribution in [0.1, 0.15) is 51.4 Å². The molecule has 0 nitrogen and oxygen atoms in total. The molecule has 2 aliphatic carbocycles. The molecule has 0 aromatic carbocycles. The summed E-state index contributed by atoms with van der Waals surface area (Å²) >= 11 is 0. The quantitative estimate of drug-likeness (QED) is 0.381. The molecule has 0 aromatic heterocycles. The first-order chi connectivity index (χ1) is 8.00. The SMILES string of the molecule is C1=C\CC/C=C\CC/1.C1=C\CC/C=C\CC/1.[Cl-].[Cl-].[Rh+2]. The van der Waals surface area contributed by atoms with Gasteiger partial charge in [-0.2, -0.15) is 0 Å². The van der Waals surface area contributed by atoms with Gasteiger partial charge in [-0.1, -0.05) is 48.6 Å². The van der Waals surface area contributed by atoms with Gasteiger partial charge in [0.25, 0.3) is 0 Å². The Bertz CT molecular complexity index is 188. The summed E-state index contributed by atoms with van der Waals surface area (Å²) in [5.41, 5.74) is 0. The van der Waals surface area contributed by atoms with Crippen LogP contribution < -0.4 is 24.8 Å². The Hall–Kier alpha value is 0.163. The van der Waals surface area contributed by atoms with Crippen LogP contribution >= 0.6 is 0 Å². The summed E-state index contributed by atoms with van der Waals surface area (Å²) in [5.74, 6) is 0.